The number of nitrogens with one attached hydrogen (secondary N) is 2. The van der Waals surface area contributed by atoms with Gasteiger partial charge in [0.25, 0.3) is 11.8 Å². The summed E-state index contributed by atoms with van der Waals surface area (Å²) >= 11 is 0. The molecule has 1 aliphatic carbocycles. The number of nitrogens with zero attached hydrogens (tertiary/aromatic N) is 7. The van der Waals surface area contributed by atoms with E-state index in [9.17, 15) is 24.3 Å². The maximum atomic E-state index is 13.1. The molecular formula is C41H49N9O5. The van der Waals surface area contributed by atoms with Crippen LogP contribution >= 0.6 is 0 Å². The van der Waals surface area contributed by atoms with Crippen molar-refractivity contribution in [3.63, 3.8) is 0 Å². The molecule has 1 saturated carbocycles. The Morgan fingerprint density at radius 3 is 2.42 bits per heavy atom. The summed E-state index contributed by atoms with van der Waals surface area (Å²) in [4.78, 5) is 60.6. The van der Waals surface area contributed by atoms with Crippen molar-refractivity contribution in [2.45, 2.75) is 57.2 Å². The molecule has 0 spiro atoms. The highest BCUT2D eigenvalue weighted by Crippen LogP contribution is 2.45. The van der Waals surface area contributed by atoms with Crippen LogP contribution < -0.4 is 20.4 Å². The third-order valence-electron chi connectivity index (χ3n) is 12.8. The van der Waals surface area contributed by atoms with Crippen LogP contribution in [-0.2, 0) is 9.59 Å². The number of hydrogen-bond acceptors (Lipinski definition) is 12. The van der Waals surface area contributed by atoms with E-state index in [1.54, 1.807) is 12.1 Å². The Bertz CT molecular complexity index is 2030. The van der Waals surface area contributed by atoms with Gasteiger partial charge in [-0.05, 0) is 93.8 Å². The molecule has 6 unspecified atom stereocenters. The Morgan fingerprint density at radius 2 is 1.64 bits per heavy atom. The topological polar surface area (TPSA) is 155 Å². The number of fused-ring (bicyclic) bond motifs is 5. The minimum Gasteiger partial charge on any atom is -0.507 e. The van der Waals surface area contributed by atoms with Gasteiger partial charge in [0, 0.05) is 76.1 Å². The zero-order valence-corrected chi connectivity index (χ0v) is 31.5. The summed E-state index contributed by atoms with van der Waals surface area (Å²) < 4.78 is 0. The lowest BCUT2D eigenvalue weighted by Gasteiger charge is -2.44. The number of benzene rings is 2. The van der Waals surface area contributed by atoms with Crippen LogP contribution in [0.15, 0.2) is 48.5 Å². The molecule has 3 aromatic rings. The predicted molar refractivity (Wildman–Crippen MR) is 207 cm³/mol. The second-order valence-corrected chi connectivity index (χ2v) is 16.6. The summed E-state index contributed by atoms with van der Waals surface area (Å²) in [6.07, 6.45) is 3.99. The molecule has 10 rings (SSSR count). The third kappa shape index (κ3) is 6.79. The Balaban J connectivity index is 0.000000157. The van der Waals surface area contributed by atoms with Crippen molar-refractivity contribution in [2.75, 3.05) is 74.5 Å². The number of imide groups is 2. The number of phenolic OH excluding ortho intramolecular Hbond substituents is 1. The molecule has 4 amide bonds. The normalized spacial score (nSPS) is 28.7. The largest absolute Gasteiger partial charge is 0.507 e. The molecule has 288 valence electrons. The molecule has 7 aliphatic rings. The van der Waals surface area contributed by atoms with Gasteiger partial charge in [-0.1, -0.05) is 12.1 Å². The van der Waals surface area contributed by atoms with Crippen molar-refractivity contribution in [1.29, 1.82) is 0 Å². The van der Waals surface area contributed by atoms with Crippen molar-refractivity contribution < 1.29 is 24.3 Å². The van der Waals surface area contributed by atoms with E-state index in [0.29, 0.717) is 40.4 Å². The SMILES string of the molecule is CC1CC(CN2CC3CC3C2)CCN1c1ccc2c(c1)C(=O)N(C1CCC(=O)NC1=O)C2=O.CN1CCN2c3cc(-c4ccccc4O)nnc3NCC2C1. The van der Waals surface area contributed by atoms with Gasteiger partial charge in [0.2, 0.25) is 11.8 Å². The average Bonchev–Trinajstić information content (AvgIpc) is 3.71. The number of carbonyl (C=O) groups excluding carboxylic acids is 4. The smallest absolute Gasteiger partial charge is 0.262 e. The molecule has 0 bridgehead atoms. The lowest BCUT2D eigenvalue weighted by molar-refractivity contribution is -0.136. The van der Waals surface area contributed by atoms with Crippen molar-refractivity contribution in [3.8, 4) is 17.0 Å². The van der Waals surface area contributed by atoms with Crippen LogP contribution in [0.3, 0.4) is 0 Å². The predicted octanol–water partition coefficient (Wildman–Crippen LogP) is 3.04. The minimum absolute atomic E-state index is 0.125. The van der Waals surface area contributed by atoms with E-state index in [2.05, 4.69) is 54.4 Å². The van der Waals surface area contributed by atoms with Crippen molar-refractivity contribution in [3.05, 3.63) is 59.7 Å². The standard InChI is InChI=1S/C25H30N4O4.C16H19N5O/c1-14-8-15(11-27-12-16-9-17(16)13-27)6-7-28(14)18-2-3-19-20(10-18)25(33)29(24(19)32)21-4-5-22(30)26-23(21)31;1-20-6-7-21-11(10-20)9-17-16-14(21)8-13(18-19-16)12-4-2-3-5-15(12)22/h2-3,10,14-17,21H,4-9,11-13H2,1H3,(H,26,30,31);2-5,8,11,22H,6-7,9-10H2,1H3,(H,17,19). The van der Waals surface area contributed by atoms with Gasteiger partial charge in [-0.2, -0.15) is 0 Å². The molecule has 5 fully saturated rings. The fourth-order valence-corrected chi connectivity index (χ4v) is 9.73. The number of aromatic nitrogens is 2. The van der Waals surface area contributed by atoms with Gasteiger partial charge in [0.1, 0.15) is 11.8 Å². The summed E-state index contributed by atoms with van der Waals surface area (Å²) in [5, 5.41) is 24.2. The molecule has 2 aromatic carbocycles. The van der Waals surface area contributed by atoms with Gasteiger partial charge in [0.15, 0.2) is 5.82 Å². The molecular weight excluding hydrogens is 699 g/mol. The van der Waals surface area contributed by atoms with Crippen LogP contribution in [0.2, 0.25) is 0 Å². The molecule has 14 heteroatoms. The Kier molecular flexibility index (Phi) is 9.20. The second kappa shape index (κ2) is 14.2. The molecule has 4 saturated heterocycles. The van der Waals surface area contributed by atoms with Crippen LogP contribution in [0.5, 0.6) is 5.75 Å². The first-order valence-corrected chi connectivity index (χ1v) is 19.8. The summed E-state index contributed by atoms with van der Waals surface area (Å²) in [5.74, 6) is 1.86. The van der Waals surface area contributed by atoms with Gasteiger partial charge in [-0.15, -0.1) is 10.2 Å². The fraction of sp³-hybridized carbons (Fsp3) is 0.512. The molecule has 6 aliphatic heterocycles. The first-order chi connectivity index (χ1) is 26.6. The van der Waals surface area contributed by atoms with E-state index < -0.39 is 23.8 Å². The number of piperidine rings is 3. The molecule has 3 N–H and O–H groups in total. The zero-order chi connectivity index (χ0) is 38.0. The van der Waals surface area contributed by atoms with Crippen molar-refractivity contribution >= 4 is 40.8 Å². The van der Waals surface area contributed by atoms with Crippen molar-refractivity contribution in [1.82, 2.24) is 30.2 Å². The van der Waals surface area contributed by atoms with Gasteiger partial charge < -0.3 is 30.0 Å². The highest BCUT2D eigenvalue weighted by Gasteiger charge is 2.46. The summed E-state index contributed by atoms with van der Waals surface area (Å²) in [6.45, 7) is 10.9. The number of hydrogen-bond donors (Lipinski definition) is 3. The molecule has 7 heterocycles. The third-order valence-corrected chi connectivity index (χ3v) is 12.8. The number of rotatable bonds is 5. The van der Waals surface area contributed by atoms with Crippen molar-refractivity contribution in [2.24, 2.45) is 17.8 Å². The minimum atomic E-state index is -0.926. The number of likely N-dealkylation sites (N-methyl/N-ethyl adjacent to an activating group) is 1. The summed E-state index contributed by atoms with van der Waals surface area (Å²) in [6, 6.07) is 14.6. The van der Waals surface area contributed by atoms with E-state index in [4.69, 9.17) is 0 Å². The number of amides is 4. The molecule has 0 radical (unpaired) electrons. The highest BCUT2D eigenvalue weighted by atomic mass is 16.3. The Hall–Kier alpha value is -5.08. The number of aromatic hydroxyl groups is 1. The van der Waals surface area contributed by atoms with Gasteiger partial charge in [-0.25, -0.2) is 0 Å². The molecule has 55 heavy (non-hydrogen) atoms. The zero-order valence-electron chi connectivity index (χ0n) is 31.5. The maximum absolute atomic E-state index is 13.1. The van der Waals surface area contributed by atoms with E-state index in [1.165, 1.54) is 26.1 Å². The number of likely N-dealkylation sites (tertiary alicyclic amines) is 1. The number of anilines is 3. The molecule has 1 aromatic heterocycles. The quantitative estimate of drug-likeness (QED) is 0.329. The van der Waals surface area contributed by atoms with E-state index in [0.717, 1.165) is 79.5 Å². The fourth-order valence-electron chi connectivity index (χ4n) is 9.73. The van der Waals surface area contributed by atoms with Crippen LogP contribution in [0.1, 0.15) is 59.7 Å². The second-order valence-electron chi connectivity index (χ2n) is 16.6. The van der Waals surface area contributed by atoms with Crippen LogP contribution in [0.4, 0.5) is 17.2 Å². The number of carbonyl (C=O) groups is 4. The van der Waals surface area contributed by atoms with E-state index in [1.807, 2.05) is 36.4 Å². The van der Waals surface area contributed by atoms with Gasteiger partial charge in [0.05, 0.1) is 28.6 Å². The Labute approximate surface area is 320 Å². The monoisotopic (exact) mass is 747 g/mol. The van der Waals surface area contributed by atoms with Crippen LogP contribution in [-0.4, -0.2) is 131 Å². The van der Waals surface area contributed by atoms with Gasteiger partial charge in [-0.3, -0.25) is 29.4 Å². The maximum Gasteiger partial charge on any atom is 0.262 e. The summed E-state index contributed by atoms with van der Waals surface area (Å²) in [5.41, 5.74) is 4.15. The lowest BCUT2D eigenvalue weighted by Crippen LogP contribution is -2.56. The van der Waals surface area contributed by atoms with E-state index in [-0.39, 0.29) is 24.5 Å². The lowest BCUT2D eigenvalue weighted by atomic mass is 9.90. The first-order valence-electron chi connectivity index (χ1n) is 19.8. The van der Waals surface area contributed by atoms with Crippen LogP contribution in [0.25, 0.3) is 11.3 Å². The Morgan fingerprint density at radius 1 is 0.836 bits per heavy atom. The summed E-state index contributed by atoms with van der Waals surface area (Å²) in [7, 11) is 2.16. The average molecular weight is 748 g/mol. The number of phenols is 1. The molecule has 14 nitrogen and oxygen atoms in total. The van der Waals surface area contributed by atoms with Gasteiger partial charge >= 0.3 is 0 Å². The van der Waals surface area contributed by atoms with Crippen LogP contribution in [0, 0.1) is 17.8 Å². The number of piperazine rings is 1. The first kappa shape index (κ1) is 35.6. The number of para-hydroxylation sites is 1. The van der Waals surface area contributed by atoms with E-state index >= 15 is 0 Å². The highest BCUT2D eigenvalue weighted by molar-refractivity contribution is 6.23. The molecule has 6 atom stereocenters.